The highest BCUT2D eigenvalue weighted by Crippen LogP contribution is 2.42. The average molecular weight is 439 g/mol. The first-order valence-electron chi connectivity index (χ1n) is 8.87. The summed E-state index contributed by atoms with van der Waals surface area (Å²) < 4.78 is 42.4. The number of hydrogen-bond acceptors (Lipinski definition) is 7. The zero-order valence-corrected chi connectivity index (χ0v) is 16.9. The molecule has 8 nitrogen and oxygen atoms in total. The number of rotatable bonds is 6. The van der Waals surface area contributed by atoms with Gasteiger partial charge in [-0.05, 0) is 6.92 Å². The number of aromatic nitrogens is 1. The summed E-state index contributed by atoms with van der Waals surface area (Å²) in [6, 6.07) is 0. The second-order valence-corrected chi connectivity index (χ2v) is 7.91. The molecule has 0 unspecified atom stereocenters. The molecular formula is C17H24F3N3O5S. The highest BCUT2D eigenvalue weighted by Gasteiger charge is 2.55. The van der Waals surface area contributed by atoms with Crippen molar-refractivity contribution < 1.29 is 37.3 Å². The molecule has 29 heavy (non-hydrogen) atoms. The molecule has 164 valence electrons. The number of amides is 1. The van der Waals surface area contributed by atoms with E-state index < -0.39 is 17.6 Å². The number of thiazole rings is 1. The molecule has 2 atom stereocenters. The lowest BCUT2D eigenvalue weighted by molar-refractivity contribution is -0.192. The van der Waals surface area contributed by atoms with Crippen LogP contribution in [0.25, 0.3) is 0 Å². The van der Waals surface area contributed by atoms with Gasteiger partial charge in [0.05, 0.1) is 31.8 Å². The van der Waals surface area contributed by atoms with E-state index in [0.717, 1.165) is 30.3 Å². The van der Waals surface area contributed by atoms with Crippen LogP contribution in [0.3, 0.4) is 0 Å². The van der Waals surface area contributed by atoms with Gasteiger partial charge in [0.15, 0.2) is 0 Å². The standard InChI is InChI=1S/C15H23N3O3S.C2HF3O2/c1-11-8-22-13(17-11)6-18-5-12-7-21-10-15(12,9-18)14(19)16-3-4-20-2;3-2(4,5)1(6)7/h8,12H,3-7,9-10H2,1-2H3,(H,16,19);(H,6,7)/t12-,15-;/m1./s1. The Kier molecular flexibility index (Phi) is 7.97. The van der Waals surface area contributed by atoms with E-state index in [1.165, 1.54) is 0 Å². The van der Waals surface area contributed by atoms with Crippen LogP contribution in [0.2, 0.25) is 0 Å². The van der Waals surface area contributed by atoms with Gasteiger partial charge in [-0.1, -0.05) is 0 Å². The molecule has 2 aliphatic rings. The molecule has 3 rings (SSSR count). The van der Waals surface area contributed by atoms with Crippen molar-refractivity contribution in [2.75, 3.05) is 46.6 Å². The number of nitrogens with one attached hydrogen (secondary N) is 1. The van der Waals surface area contributed by atoms with Gasteiger partial charge in [-0.2, -0.15) is 13.2 Å². The molecule has 2 N–H and O–H groups in total. The molecule has 0 bridgehead atoms. The van der Waals surface area contributed by atoms with Gasteiger partial charge in [0.1, 0.15) is 5.01 Å². The summed E-state index contributed by atoms with van der Waals surface area (Å²) in [5, 5.41) is 13.3. The Labute approximate surface area is 170 Å². The third kappa shape index (κ3) is 6.11. The van der Waals surface area contributed by atoms with Gasteiger partial charge in [-0.3, -0.25) is 9.69 Å². The number of carbonyl (C=O) groups excluding carboxylic acids is 1. The lowest BCUT2D eigenvalue weighted by Crippen LogP contribution is -2.47. The zero-order chi connectivity index (χ0) is 21.7. The van der Waals surface area contributed by atoms with E-state index in [0.29, 0.717) is 26.4 Å². The second-order valence-electron chi connectivity index (χ2n) is 6.97. The summed E-state index contributed by atoms with van der Waals surface area (Å²) in [5.74, 6) is -2.38. The minimum atomic E-state index is -5.08. The van der Waals surface area contributed by atoms with Gasteiger partial charge in [-0.25, -0.2) is 9.78 Å². The Morgan fingerprint density at radius 3 is 2.76 bits per heavy atom. The number of aliphatic carboxylic acids is 1. The first kappa shape index (κ1) is 23.5. The van der Waals surface area contributed by atoms with Gasteiger partial charge in [0, 0.05) is 43.7 Å². The summed E-state index contributed by atoms with van der Waals surface area (Å²) >= 11 is 1.69. The van der Waals surface area contributed by atoms with Crippen molar-refractivity contribution in [2.45, 2.75) is 19.6 Å². The van der Waals surface area contributed by atoms with Crippen LogP contribution in [0.4, 0.5) is 13.2 Å². The third-order valence-electron chi connectivity index (χ3n) is 4.76. The first-order chi connectivity index (χ1) is 13.6. The van der Waals surface area contributed by atoms with Crippen molar-refractivity contribution in [1.29, 1.82) is 0 Å². The predicted octanol–water partition coefficient (Wildman–Crippen LogP) is 1.30. The monoisotopic (exact) mass is 439 g/mol. The number of methoxy groups -OCH3 is 1. The van der Waals surface area contributed by atoms with E-state index in [1.54, 1.807) is 18.4 Å². The van der Waals surface area contributed by atoms with Gasteiger partial charge in [-0.15, -0.1) is 11.3 Å². The fraction of sp³-hybridized carbons (Fsp3) is 0.706. The van der Waals surface area contributed by atoms with Crippen molar-refractivity contribution in [3.8, 4) is 0 Å². The molecule has 2 saturated heterocycles. The lowest BCUT2D eigenvalue weighted by Gasteiger charge is -2.25. The first-order valence-corrected chi connectivity index (χ1v) is 9.75. The normalized spacial score (nSPS) is 24.0. The maximum absolute atomic E-state index is 12.6. The molecule has 2 fully saturated rings. The van der Waals surface area contributed by atoms with Crippen LogP contribution in [0.15, 0.2) is 5.38 Å². The largest absolute Gasteiger partial charge is 0.490 e. The van der Waals surface area contributed by atoms with Crippen molar-refractivity contribution >= 4 is 23.2 Å². The highest BCUT2D eigenvalue weighted by molar-refractivity contribution is 7.09. The minimum absolute atomic E-state index is 0.102. The molecule has 0 saturated carbocycles. The minimum Gasteiger partial charge on any atom is -0.475 e. The second kappa shape index (κ2) is 9.83. The number of halogens is 3. The van der Waals surface area contributed by atoms with E-state index in [2.05, 4.69) is 20.6 Å². The van der Waals surface area contributed by atoms with Crippen LogP contribution in [-0.4, -0.2) is 79.6 Å². The van der Waals surface area contributed by atoms with Crippen molar-refractivity contribution in [1.82, 2.24) is 15.2 Å². The quantitative estimate of drug-likeness (QED) is 0.645. The Hall–Kier alpha value is -1.76. The van der Waals surface area contributed by atoms with Gasteiger partial charge < -0.3 is 19.9 Å². The van der Waals surface area contributed by atoms with Crippen molar-refractivity contribution in [3.63, 3.8) is 0 Å². The number of ether oxygens (including phenoxy) is 2. The molecule has 1 aromatic heterocycles. The number of nitrogens with zero attached hydrogens (tertiary/aromatic N) is 2. The molecule has 0 spiro atoms. The summed E-state index contributed by atoms with van der Waals surface area (Å²) in [6.07, 6.45) is -5.08. The molecule has 12 heteroatoms. The topological polar surface area (TPSA) is 101 Å². The highest BCUT2D eigenvalue weighted by atomic mass is 32.1. The Morgan fingerprint density at radius 1 is 1.52 bits per heavy atom. The maximum Gasteiger partial charge on any atom is 0.490 e. The van der Waals surface area contributed by atoms with Crippen LogP contribution < -0.4 is 5.32 Å². The van der Waals surface area contributed by atoms with Crippen LogP contribution in [0, 0.1) is 18.3 Å². The van der Waals surface area contributed by atoms with Crippen LogP contribution in [0.5, 0.6) is 0 Å². The van der Waals surface area contributed by atoms with Crippen molar-refractivity contribution in [3.05, 3.63) is 16.1 Å². The number of carboxylic acids is 1. The van der Waals surface area contributed by atoms with Crippen molar-refractivity contribution in [2.24, 2.45) is 11.3 Å². The third-order valence-corrected chi connectivity index (χ3v) is 5.71. The summed E-state index contributed by atoms with van der Waals surface area (Å²) in [5.41, 5.74) is 0.662. The molecule has 0 aliphatic carbocycles. The number of carbonyl (C=O) groups is 2. The number of carboxylic acid groups (broad SMARTS) is 1. The Bertz CT molecular complexity index is 715. The average Bonchev–Trinajstić information content (AvgIpc) is 3.29. The zero-order valence-electron chi connectivity index (χ0n) is 16.1. The molecule has 3 heterocycles. The van der Waals surface area contributed by atoms with E-state index in [1.807, 2.05) is 6.92 Å². The molecule has 2 aliphatic heterocycles. The fourth-order valence-corrected chi connectivity index (χ4v) is 4.20. The molecule has 1 aromatic rings. The number of likely N-dealkylation sites (tertiary alicyclic amines) is 1. The number of fused-ring (bicyclic) bond motifs is 1. The van der Waals surface area contributed by atoms with Crippen LogP contribution in [0.1, 0.15) is 10.7 Å². The number of alkyl halides is 3. The maximum atomic E-state index is 12.6. The van der Waals surface area contributed by atoms with Gasteiger partial charge in [0.2, 0.25) is 5.91 Å². The summed E-state index contributed by atoms with van der Waals surface area (Å²) in [6.45, 7) is 6.75. The molecule has 0 aromatic carbocycles. The predicted molar refractivity (Wildman–Crippen MR) is 97.4 cm³/mol. The van der Waals surface area contributed by atoms with Crippen LogP contribution in [-0.2, 0) is 25.6 Å². The summed E-state index contributed by atoms with van der Waals surface area (Å²) in [7, 11) is 1.64. The number of hydrogen-bond donors (Lipinski definition) is 2. The SMILES string of the molecule is COCCNC(=O)[C@]12COC[C@H]1CN(Cc1nc(C)cs1)C2.O=C(O)C(F)(F)F. The Morgan fingerprint density at radius 2 is 2.21 bits per heavy atom. The molecule has 0 radical (unpaired) electrons. The van der Waals surface area contributed by atoms with Crippen LogP contribution >= 0.6 is 11.3 Å². The molecule has 1 amide bonds. The Balaban J connectivity index is 0.000000370. The van der Waals surface area contributed by atoms with E-state index in [9.17, 15) is 18.0 Å². The lowest BCUT2D eigenvalue weighted by atomic mass is 9.80. The van der Waals surface area contributed by atoms with E-state index in [4.69, 9.17) is 19.4 Å². The van der Waals surface area contributed by atoms with Gasteiger partial charge in [0.25, 0.3) is 0 Å². The molecular weight excluding hydrogens is 415 g/mol. The fourth-order valence-electron chi connectivity index (χ4n) is 3.39. The summed E-state index contributed by atoms with van der Waals surface area (Å²) in [4.78, 5) is 28.4. The smallest absolute Gasteiger partial charge is 0.475 e. The van der Waals surface area contributed by atoms with E-state index >= 15 is 0 Å². The van der Waals surface area contributed by atoms with Gasteiger partial charge >= 0.3 is 12.1 Å². The van der Waals surface area contributed by atoms with E-state index in [-0.39, 0.29) is 11.8 Å². The number of aryl methyl sites for hydroxylation is 1.